The van der Waals surface area contributed by atoms with Gasteiger partial charge in [-0.2, -0.15) is 0 Å². The van der Waals surface area contributed by atoms with Crippen molar-refractivity contribution in [2.75, 3.05) is 30.9 Å². The van der Waals surface area contributed by atoms with Crippen LogP contribution in [0.25, 0.3) is 0 Å². The van der Waals surface area contributed by atoms with Gasteiger partial charge in [0.25, 0.3) is 0 Å². The predicted molar refractivity (Wildman–Crippen MR) is 66.9 cm³/mol. The summed E-state index contributed by atoms with van der Waals surface area (Å²) in [5.74, 6) is 0.712. The van der Waals surface area contributed by atoms with Crippen molar-refractivity contribution in [1.82, 2.24) is 4.98 Å². The summed E-state index contributed by atoms with van der Waals surface area (Å²) in [6.45, 7) is 3.32. The number of pyridine rings is 1. The number of nitrogen functional groups attached to an aromatic ring is 1. The Hall–Kier alpha value is -1.33. The van der Waals surface area contributed by atoms with Gasteiger partial charge in [-0.25, -0.2) is 4.98 Å². The molecule has 5 nitrogen and oxygen atoms in total. The number of nitrogens with one attached hydrogen (secondary N) is 1. The zero-order chi connectivity index (χ0) is 12.3. The minimum absolute atomic E-state index is 0.0752. The molecule has 0 aliphatic carbocycles. The van der Waals surface area contributed by atoms with Gasteiger partial charge in [-0.1, -0.05) is 0 Å². The molecule has 1 aromatic heterocycles. The lowest BCUT2D eigenvalue weighted by molar-refractivity contribution is 0.0378. The highest BCUT2D eigenvalue weighted by Crippen LogP contribution is 2.25. The van der Waals surface area contributed by atoms with Crippen LogP contribution in [-0.2, 0) is 4.74 Å². The van der Waals surface area contributed by atoms with Crippen LogP contribution in [0.15, 0.2) is 12.3 Å². The maximum absolute atomic E-state index is 9.55. The molecule has 0 radical (unpaired) electrons. The monoisotopic (exact) mass is 237 g/mol. The average molecular weight is 237 g/mol. The number of hydrogen-bond acceptors (Lipinski definition) is 5. The minimum atomic E-state index is -0.326. The number of nitrogens with zero attached hydrogens (tertiary/aromatic N) is 1. The van der Waals surface area contributed by atoms with Crippen LogP contribution < -0.4 is 11.1 Å². The Bertz CT molecular complexity index is 389. The molecule has 17 heavy (non-hydrogen) atoms. The number of nitrogens with two attached hydrogens (primary N) is 1. The van der Waals surface area contributed by atoms with Gasteiger partial charge in [0.1, 0.15) is 5.82 Å². The number of ether oxygens (including phenoxy) is 1. The Labute approximate surface area is 101 Å². The summed E-state index contributed by atoms with van der Waals surface area (Å²) in [5, 5.41) is 12.8. The van der Waals surface area contributed by atoms with E-state index in [0.717, 1.165) is 18.4 Å². The molecule has 0 unspecified atom stereocenters. The summed E-state index contributed by atoms with van der Waals surface area (Å²) >= 11 is 0. The third-order valence-corrected chi connectivity index (χ3v) is 3.29. The third kappa shape index (κ3) is 2.68. The Morgan fingerprint density at radius 1 is 1.53 bits per heavy atom. The molecule has 2 heterocycles. The Balaban J connectivity index is 2.14. The van der Waals surface area contributed by atoms with Gasteiger partial charge in [0, 0.05) is 31.2 Å². The molecule has 2 rings (SSSR count). The molecule has 5 heteroatoms. The molecule has 1 aliphatic heterocycles. The molecule has 94 valence electrons. The van der Waals surface area contributed by atoms with E-state index < -0.39 is 0 Å². The van der Waals surface area contributed by atoms with E-state index in [1.165, 1.54) is 0 Å². The number of hydrogen-bond donors (Lipinski definition) is 3. The molecule has 1 aromatic rings. The van der Waals surface area contributed by atoms with Gasteiger partial charge in [-0.3, -0.25) is 0 Å². The van der Waals surface area contributed by atoms with Crippen molar-refractivity contribution in [3.63, 3.8) is 0 Å². The smallest absolute Gasteiger partial charge is 0.128 e. The van der Waals surface area contributed by atoms with E-state index in [9.17, 15) is 5.11 Å². The number of aliphatic hydroxyl groups is 1. The van der Waals surface area contributed by atoms with Gasteiger partial charge in [-0.15, -0.1) is 0 Å². The van der Waals surface area contributed by atoms with Gasteiger partial charge in [-0.05, 0) is 25.3 Å². The second-order valence-corrected chi connectivity index (χ2v) is 4.60. The summed E-state index contributed by atoms with van der Waals surface area (Å²) in [6, 6.07) is 1.81. The molecule has 0 bridgehead atoms. The summed E-state index contributed by atoms with van der Waals surface area (Å²) < 4.78 is 5.31. The maximum atomic E-state index is 9.55. The molecular formula is C12H19N3O2. The van der Waals surface area contributed by atoms with E-state index in [0.29, 0.717) is 24.7 Å². The zero-order valence-electron chi connectivity index (χ0n) is 10.1. The van der Waals surface area contributed by atoms with E-state index >= 15 is 0 Å². The molecule has 0 spiro atoms. The van der Waals surface area contributed by atoms with Crippen molar-refractivity contribution < 1.29 is 9.84 Å². The van der Waals surface area contributed by atoms with Crippen molar-refractivity contribution in [1.29, 1.82) is 0 Å². The highest BCUT2D eigenvalue weighted by atomic mass is 16.5. The standard InChI is InChI=1S/C12H19N3O2/c1-9-7-14-11(6-10(9)13)15-12(8-16)2-4-17-5-3-12/h6-7,16H,2-5,8H2,1H3,(H3,13,14,15). The van der Waals surface area contributed by atoms with Gasteiger partial charge in [0.2, 0.25) is 0 Å². The van der Waals surface area contributed by atoms with Crippen LogP contribution in [0.5, 0.6) is 0 Å². The van der Waals surface area contributed by atoms with Crippen molar-refractivity contribution in [2.45, 2.75) is 25.3 Å². The summed E-state index contributed by atoms with van der Waals surface area (Å²) in [5.41, 5.74) is 7.19. The topological polar surface area (TPSA) is 80.4 Å². The maximum Gasteiger partial charge on any atom is 0.128 e. The van der Waals surface area contributed by atoms with Gasteiger partial charge in [0.05, 0.1) is 12.1 Å². The molecule has 0 atom stereocenters. The SMILES string of the molecule is Cc1cnc(NC2(CO)CCOCC2)cc1N. The number of aryl methyl sites for hydroxylation is 1. The van der Waals surface area contributed by atoms with Crippen LogP contribution in [0.2, 0.25) is 0 Å². The van der Waals surface area contributed by atoms with E-state index in [1.54, 1.807) is 6.20 Å². The second kappa shape index (κ2) is 4.89. The van der Waals surface area contributed by atoms with Crippen LogP contribution in [-0.4, -0.2) is 35.5 Å². The van der Waals surface area contributed by atoms with Crippen molar-refractivity contribution >= 4 is 11.5 Å². The fourth-order valence-corrected chi connectivity index (χ4v) is 1.96. The van der Waals surface area contributed by atoms with E-state index in [1.807, 2.05) is 13.0 Å². The van der Waals surface area contributed by atoms with Gasteiger partial charge >= 0.3 is 0 Å². The van der Waals surface area contributed by atoms with Crippen molar-refractivity contribution in [3.8, 4) is 0 Å². The van der Waals surface area contributed by atoms with Crippen molar-refractivity contribution in [2.24, 2.45) is 0 Å². The van der Waals surface area contributed by atoms with Crippen LogP contribution in [0, 0.1) is 6.92 Å². The first-order chi connectivity index (χ1) is 8.15. The largest absolute Gasteiger partial charge is 0.398 e. The number of aliphatic hydroxyl groups excluding tert-OH is 1. The fourth-order valence-electron chi connectivity index (χ4n) is 1.96. The first-order valence-electron chi connectivity index (χ1n) is 5.84. The minimum Gasteiger partial charge on any atom is -0.398 e. The van der Waals surface area contributed by atoms with Gasteiger partial charge in [0.15, 0.2) is 0 Å². The van der Waals surface area contributed by atoms with E-state index in [4.69, 9.17) is 10.5 Å². The zero-order valence-corrected chi connectivity index (χ0v) is 10.1. The lowest BCUT2D eigenvalue weighted by atomic mass is 9.91. The number of rotatable bonds is 3. The van der Waals surface area contributed by atoms with Crippen molar-refractivity contribution in [3.05, 3.63) is 17.8 Å². The summed E-state index contributed by atoms with van der Waals surface area (Å²) in [7, 11) is 0. The molecule has 1 aliphatic rings. The molecule has 1 saturated heterocycles. The Morgan fingerprint density at radius 3 is 2.82 bits per heavy atom. The second-order valence-electron chi connectivity index (χ2n) is 4.60. The quantitative estimate of drug-likeness (QED) is 0.728. The molecule has 0 amide bonds. The normalized spacial score (nSPS) is 18.9. The van der Waals surface area contributed by atoms with Crippen LogP contribution in [0.4, 0.5) is 11.5 Å². The summed E-state index contributed by atoms with van der Waals surface area (Å²) in [4.78, 5) is 4.28. The Kier molecular flexibility index (Phi) is 3.49. The van der Waals surface area contributed by atoms with Crippen LogP contribution in [0.1, 0.15) is 18.4 Å². The Morgan fingerprint density at radius 2 is 2.24 bits per heavy atom. The van der Waals surface area contributed by atoms with E-state index in [2.05, 4.69) is 10.3 Å². The number of anilines is 2. The predicted octanol–water partition coefficient (Wildman–Crippen LogP) is 0.926. The molecule has 0 aromatic carbocycles. The van der Waals surface area contributed by atoms with Crippen LogP contribution >= 0.6 is 0 Å². The lowest BCUT2D eigenvalue weighted by Crippen LogP contribution is -2.47. The first kappa shape index (κ1) is 12.1. The highest BCUT2D eigenvalue weighted by Gasteiger charge is 2.32. The fraction of sp³-hybridized carbons (Fsp3) is 0.583. The summed E-state index contributed by atoms with van der Waals surface area (Å²) in [6.07, 6.45) is 3.29. The van der Waals surface area contributed by atoms with Crippen LogP contribution in [0.3, 0.4) is 0 Å². The van der Waals surface area contributed by atoms with Gasteiger partial charge < -0.3 is 20.9 Å². The molecule has 4 N–H and O–H groups in total. The highest BCUT2D eigenvalue weighted by molar-refractivity contribution is 5.54. The average Bonchev–Trinajstić information content (AvgIpc) is 2.35. The third-order valence-electron chi connectivity index (χ3n) is 3.29. The van der Waals surface area contributed by atoms with E-state index in [-0.39, 0.29) is 12.1 Å². The number of aromatic nitrogens is 1. The molecule has 0 saturated carbocycles. The molecule has 1 fully saturated rings. The first-order valence-corrected chi connectivity index (χ1v) is 5.84. The lowest BCUT2D eigenvalue weighted by Gasteiger charge is -2.36. The molecular weight excluding hydrogens is 218 g/mol.